The summed E-state index contributed by atoms with van der Waals surface area (Å²) in [4.78, 5) is 10.2. The van der Waals surface area contributed by atoms with E-state index in [1.54, 1.807) is 0 Å². The maximum atomic E-state index is 14.0. The SMILES string of the molecule is O=C(O)c1cc(Cl)cc(S(=O)(=O)C2CCOC2)c1F. The zero-order chi connectivity index (χ0) is 14.2. The molecule has 1 aliphatic heterocycles. The minimum atomic E-state index is -4.00. The minimum absolute atomic E-state index is 0.0311. The summed E-state index contributed by atoms with van der Waals surface area (Å²) >= 11 is 5.65. The van der Waals surface area contributed by atoms with Gasteiger partial charge in [-0.1, -0.05) is 11.6 Å². The van der Waals surface area contributed by atoms with E-state index in [-0.39, 0.29) is 24.7 Å². The van der Waals surface area contributed by atoms with Crippen LogP contribution < -0.4 is 0 Å². The highest BCUT2D eigenvalue weighted by molar-refractivity contribution is 7.92. The molecule has 1 saturated heterocycles. The Morgan fingerprint density at radius 2 is 2.16 bits per heavy atom. The molecule has 1 N–H and O–H groups in total. The molecule has 5 nitrogen and oxygen atoms in total. The number of aromatic carboxylic acids is 1. The number of hydrogen-bond acceptors (Lipinski definition) is 4. The summed E-state index contributed by atoms with van der Waals surface area (Å²) in [6, 6.07) is 1.81. The van der Waals surface area contributed by atoms with Crippen molar-refractivity contribution in [1.82, 2.24) is 0 Å². The smallest absolute Gasteiger partial charge is 0.338 e. The van der Waals surface area contributed by atoms with E-state index in [0.717, 1.165) is 12.1 Å². The molecule has 0 radical (unpaired) electrons. The fourth-order valence-electron chi connectivity index (χ4n) is 1.86. The van der Waals surface area contributed by atoms with Gasteiger partial charge >= 0.3 is 5.97 Å². The fraction of sp³-hybridized carbons (Fsp3) is 0.364. The summed E-state index contributed by atoms with van der Waals surface area (Å²) < 4.78 is 43.4. The number of rotatable bonds is 3. The molecule has 0 spiro atoms. The van der Waals surface area contributed by atoms with Crippen LogP contribution in [0.5, 0.6) is 0 Å². The van der Waals surface area contributed by atoms with E-state index in [2.05, 4.69) is 0 Å². The molecular formula is C11H10ClFO5S. The third-order valence-corrected chi connectivity index (χ3v) is 5.25. The van der Waals surface area contributed by atoms with Crippen molar-refractivity contribution in [1.29, 1.82) is 0 Å². The molecule has 1 atom stereocenters. The third-order valence-electron chi connectivity index (χ3n) is 2.87. The first kappa shape index (κ1) is 14.2. The van der Waals surface area contributed by atoms with E-state index in [1.807, 2.05) is 0 Å². The maximum absolute atomic E-state index is 14.0. The summed E-state index contributed by atoms with van der Waals surface area (Å²) in [6.45, 7) is 0.245. The molecule has 104 valence electrons. The summed E-state index contributed by atoms with van der Waals surface area (Å²) in [6.07, 6.45) is 0.247. The Kier molecular flexibility index (Phi) is 3.80. The number of carbonyl (C=O) groups is 1. The molecule has 1 fully saturated rings. The van der Waals surface area contributed by atoms with Gasteiger partial charge in [-0.2, -0.15) is 0 Å². The molecule has 2 rings (SSSR count). The Labute approximate surface area is 113 Å². The van der Waals surface area contributed by atoms with Crippen LogP contribution in [0.4, 0.5) is 4.39 Å². The topological polar surface area (TPSA) is 80.7 Å². The van der Waals surface area contributed by atoms with Gasteiger partial charge in [-0.25, -0.2) is 17.6 Å². The Morgan fingerprint density at radius 3 is 2.68 bits per heavy atom. The van der Waals surface area contributed by atoms with Crippen molar-refractivity contribution >= 4 is 27.4 Å². The van der Waals surface area contributed by atoms with E-state index in [0.29, 0.717) is 0 Å². The van der Waals surface area contributed by atoms with E-state index in [1.165, 1.54) is 0 Å². The summed E-state index contributed by atoms with van der Waals surface area (Å²) in [5, 5.41) is 7.81. The molecule has 0 aliphatic carbocycles. The first-order valence-corrected chi connectivity index (χ1v) is 7.30. The fourth-order valence-corrected chi connectivity index (χ4v) is 3.84. The molecule has 0 aromatic heterocycles. The highest BCUT2D eigenvalue weighted by Crippen LogP contribution is 2.29. The van der Waals surface area contributed by atoms with E-state index < -0.39 is 37.3 Å². The van der Waals surface area contributed by atoms with Crippen molar-refractivity contribution in [3.05, 3.63) is 28.5 Å². The van der Waals surface area contributed by atoms with Gasteiger partial charge < -0.3 is 9.84 Å². The molecule has 0 saturated carbocycles. The molecule has 1 aromatic rings. The van der Waals surface area contributed by atoms with E-state index in [4.69, 9.17) is 21.4 Å². The van der Waals surface area contributed by atoms with Gasteiger partial charge in [0.2, 0.25) is 0 Å². The Morgan fingerprint density at radius 1 is 1.47 bits per heavy atom. The number of halogens is 2. The quantitative estimate of drug-likeness (QED) is 0.920. The Balaban J connectivity index is 2.59. The van der Waals surface area contributed by atoms with Crippen molar-refractivity contribution in [3.8, 4) is 0 Å². The normalized spacial score (nSPS) is 19.6. The molecule has 1 heterocycles. The van der Waals surface area contributed by atoms with Gasteiger partial charge in [0.05, 0.1) is 17.4 Å². The number of ether oxygens (including phenoxy) is 1. The third kappa shape index (κ3) is 2.58. The zero-order valence-electron chi connectivity index (χ0n) is 9.60. The van der Waals surface area contributed by atoms with Gasteiger partial charge in [-0.05, 0) is 18.6 Å². The Bertz CT molecular complexity index is 622. The van der Waals surface area contributed by atoms with Gasteiger partial charge in [0.1, 0.15) is 4.90 Å². The number of hydrogen-bond donors (Lipinski definition) is 1. The molecule has 8 heteroatoms. The van der Waals surface area contributed by atoms with Crippen LogP contribution in [0.2, 0.25) is 5.02 Å². The summed E-state index contributed by atoms with van der Waals surface area (Å²) in [5.41, 5.74) is -0.759. The molecule has 1 unspecified atom stereocenters. The van der Waals surface area contributed by atoms with Crippen molar-refractivity contribution in [2.75, 3.05) is 13.2 Å². The second kappa shape index (κ2) is 5.07. The van der Waals surface area contributed by atoms with Crippen LogP contribution in [-0.2, 0) is 14.6 Å². The van der Waals surface area contributed by atoms with Crippen LogP contribution in [0, 0.1) is 5.82 Å². The van der Waals surface area contributed by atoms with Gasteiger partial charge in [-0.15, -0.1) is 0 Å². The lowest BCUT2D eigenvalue weighted by molar-refractivity contribution is 0.0691. The average Bonchev–Trinajstić information content (AvgIpc) is 2.85. The van der Waals surface area contributed by atoms with Crippen LogP contribution >= 0.6 is 11.6 Å². The van der Waals surface area contributed by atoms with Crippen LogP contribution in [0.3, 0.4) is 0 Å². The van der Waals surface area contributed by atoms with Crippen LogP contribution in [-0.4, -0.2) is 38.0 Å². The van der Waals surface area contributed by atoms with Gasteiger partial charge in [0.15, 0.2) is 15.7 Å². The molecule has 0 amide bonds. The predicted molar refractivity (Wildman–Crippen MR) is 64.8 cm³/mol. The summed E-state index contributed by atoms with van der Waals surface area (Å²) in [5.74, 6) is -2.86. The van der Waals surface area contributed by atoms with Crippen LogP contribution in [0.25, 0.3) is 0 Å². The number of benzene rings is 1. The van der Waals surface area contributed by atoms with Crippen LogP contribution in [0.1, 0.15) is 16.8 Å². The monoisotopic (exact) mass is 308 g/mol. The first-order chi connectivity index (χ1) is 8.84. The number of carboxylic acids is 1. The van der Waals surface area contributed by atoms with Gasteiger partial charge in [0, 0.05) is 11.6 Å². The molecular weight excluding hydrogens is 299 g/mol. The second-order valence-corrected chi connectivity index (χ2v) is 6.73. The molecule has 0 bridgehead atoms. The first-order valence-electron chi connectivity index (χ1n) is 5.38. The highest BCUT2D eigenvalue weighted by atomic mass is 35.5. The lowest BCUT2D eigenvalue weighted by Gasteiger charge is -2.12. The molecule has 1 aliphatic rings. The highest BCUT2D eigenvalue weighted by Gasteiger charge is 2.35. The summed E-state index contributed by atoms with van der Waals surface area (Å²) in [7, 11) is -4.00. The standard InChI is InChI=1S/C11H10ClFO5S/c12-6-3-8(11(14)15)10(13)9(4-6)19(16,17)7-1-2-18-5-7/h3-4,7H,1-2,5H2,(H,14,15). The van der Waals surface area contributed by atoms with Crippen molar-refractivity contribution in [2.45, 2.75) is 16.6 Å². The van der Waals surface area contributed by atoms with Gasteiger partial charge in [-0.3, -0.25) is 0 Å². The molecule has 1 aromatic carbocycles. The Hall–Kier alpha value is -1.18. The lowest BCUT2D eigenvalue weighted by atomic mass is 10.2. The lowest BCUT2D eigenvalue weighted by Crippen LogP contribution is -2.23. The van der Waals surface area contributed by atoms with Crippen LogP contribution in [0.15, 0.2) is 17.0 Å². The van der Waals surface area contributed by atoms with E-state index in [9.17, 15) is 17.6 Å². The van der Waals surface area contributed by atoms with Crippen molar-refractivity contribution < 1.29 is 27.4 Å². The largest absolute Gasteiger partial charge is 0.478 e. The zero-order valence-corrected chi connectivity index (χ0v) is 11.2. The van der Waals surface area contributed by atoms with Crippen molar-refractivity contribution in [3.63, 3.8) is 0 Å². The average molecular weight is 309 g/mol. The van der Waals surface area contributed by atoms with E-state index >= 15 is 0 Å². The minimum Gasteiger partial charge on any atom is -0.478 e. The number of sulfone groups is 1. The second-order valence-electron chi connectivity index (χ2n) is 4.10. The van der Waals surface area contributed by atoms with Crippen molar-refractivity contribution in [2.24, 2.45) is 0 Å². The maximum Gasteiger partial charge on any atom is 0.338 e. The molecule has 19 heavy (non-hydrogen) atoms. The predicted octanol–water partition coefficient (Wildman–Crippen LogP) is 1.74. The number of carboxylic acid groups (broad SMARTS) is 1. The van der Waals surface area contributed by atoms with Gasteiger partial charge in [0.25, 0.3) is 0 Å².